The number of imide groups is 1. The van der Waals surface area contributed by atoms with Crippen LogP contribution in [0.3, 0.4) is 0 Å². The van der Waals surface area contributed by atoms with Gasteiger partial charge in [0.1, 0.15) is 16.8 Å². The van der Waals surface area contributed by atoms with Gasteiger partial charge in [0, 0.05) is 6.92 Å². The summed E-state index contributed by atoms with van der Waals surface area (Å²) in [5, 5.41) is 11.0. The molecule has 1 aromatic carbocycles. The maximum Gasteiger partial charge on any atom is 0.254 e. The third-order valence-corrected chi connectivity index (χ3v) is 6.10. The van der Waals surface area contributed by atoms with Gasteiger partial charge in [-0.05, 0) is 67.3 Å². The van der Waals surface area contributed by atoms with Gasteiger partial charge in [-0.1, -0.05) is 41.5 Å². The Morgan fingerprint density at radius 3 is 1.52 bits per heavy atom. The summed E-state index contributed by atoms with van der Waals surface area (Å²) in [6, 6.07) is 3.75. The molecule has 1 aliphatic rings. The van der Waals surface area contributed by atoms with E-state index < -0.39 is 22.9 Å². The molecule has 1 aliphatic heterocycles. The van der Waals surface area contributed by atoms with Crippen molar-refractivity contribution in [2.24, 2.45) is 0 Å². The maximum absolute atomic E-state index is 13.4. The van der Waals surface area contributed by atoms with Crippen LogP contribution in [0.1, 0.15) is 92.9 Å². The first-order valence-corrected chi connectivity index (χ1v) is 10.8. The molecule has 0 atom stereocenters. The van der Waals surface area contributed by atoms with Gasteiger partial charge < -0.3 is 10.0 Å². The number of benzene rings is 1. The summed E-state index contributed by atoms with van der Waals surface area (Å²) in [6.45, 7) is 20.3. The minimum Gasteiger partial charge on any atom is -0.507 e. The number of carbonyl (C=O) groups excluding carboxylic acids is 3. The molecule has 0 unspecified atom stereocenters. The van der Waals surface area contributed by atoms with Crippen LogP contribution in [-0.2, 0) is 31.8 Å². The Bertz CT molecular complexity index is 867. The highest BCUT2D eigenvalue weighted by Gasteiger charge is 2.56. The normalized spacial score (nSPS) is 19.1. The van der Waals surface area contributed by atoms with Crippen molar-refractivity contribution in [3.63, 3.8) is 0 Å². The molecule has 0 bridgehead atoms. The zero-order valence-corrected chi connectivity index (χ0v) is 20.9. The van der Waals surface area contributed by atoms with Crippen molar-refractivity contribution in [3.8, 4) is 5.75 Å². The SMILES string of the molecule is CC(=O)N1C(C)(C)C(=O)N(Cc2cc(C(C)(C)C)c(O)c(C(C)(C)C)c2)C(=O)C1(C)C. The van der Waals surface area contributed by atoms with Crippen molar-refractivity contribution < 1.29 is 19.5 Å². The van der Waals surface area contributed by atoms with Crippen molar-refractivity contribution >= 4 is 17.7 Å². The predicted molar refractivity (Wildman–Crippen MR) is 122 cm³/mol. The van der Waals surface area contributed by atoms with E-state index in [-0.39, 0.29) is 29.0 Å². The number of phenolic OH excluding ortho intramolecular Hbond substituents is 1. The number of hydrogen-bond donors (Lipinski definition) is 1. The van der Waals surface area contributed by atoms with E-state index in [1.165, 1.54) is 16.7 Å². The molecule has 0 aromatic heterocycles. The molecule has 1 heterocycles. The molecule has 31 heavy (non-hydrogen) atoms. The van der Waals surface area contributed by atoms with Crippen LogP contribution >= 0.6 is 0 Å². The molecular weight excluding hydrogens is 392 g/mol. The third kappa shape index (κ3) is 4.21. The zero-order valence-electron chi connectivity index (χ0n) is 20.9. The molecule has 3 amide bonds. The lowest BCUT2D eigenvalue weighted by Crippen LogP contribution is -2.74. The van der Waals surface area contributed by atoms with Crippen LogP contribution in [0, 0.1) is 0 Å². The van der Waals surface area contributed by atoms with Gasteiger partial charge in [-0.3, -0.25) is 19.3 Å². The monoisotopic (exact) mass is 430 g/mol. The van der Waals surface area contributed by atoms with E-state index in [9.17, 15) is 19.5 Å². The molecule has 6 nitrogen and oxygen atoms in total. The van der Waals surface area contributed by atoms with Gasteiger partial charge >= 0.3 is 0 Å². The summed E-state index contributed by atoms with van der Waals surface area (Å²) < 4.78 is 0. The van der Waals surface area contributed by atoms with Crippen molar-refractivity contribution in [2.75, 3.05) is 0 Å². The highest BCUT2D eigenvalue weighted by atomic mass is 16.3. The van der Waals surface area contributed by atoms with Crippen LogP contribution in [0.2, 0.25) is 0 Å². The predicted octanol–water partition coefficient (Wildman–Crippen LogP) is 4.26. The van der Waals surface area contributed by atoms with Gasteiger partial charge in [-0.25, -0.2) is 0 Å². The maximum atomic E-state index is 13.4. The van der Waals surface area contributed by atoms with Crippen LogP contribution in [0.5, 0.6) is 5.75 Å². The van der Waals surface area contributed by atoms with E-state index in [2.05, 4.69) is 0 Å². The number of aromatic hydroxyl groups is 1. The summed E-state index contributed by atoms with van der Waals surface area (Å²) >= 11 is 0. The Balaban J connectivity index is 2.64. The van der Waals surface area contributed by atoms with Crippen LogP contribution in [0.4, 0.5) is 0 Å². The van der Waals surface area contributed by atoms with Gasteiger partial charge in [0.15, 0.2) is 0 Å². The molecule has 2 rings (SSSR count). The fourth-order valence-electron chi connectivity index (χ4n) is 4.69. The Morgan fingerprint density at radius 2 is 1.23 bits per heavy atom. The summed E-state index contributed by atoms with van der Waals surface area (Å²) in [4.78, 5) is 41.7. The molecule has 1 fully saturated rings. The largest absolute Gasteiger partial charge is 0.507 e. The van der Waals surface area contributed by atoms with Gasteiger partial charge in [-0.15, -0.1) is 0 Å². The Hall–Kier alpha value is -2.37. The van der Waals surface area contributed by atoms with Crippen molar-refractivity contribution in [2.45, 2.75) is 105 Å². The lowest BCUT2D eigenvalue weighted by molar-refractivity contribution is -0.180. The Morgan fingerprint density at radius 1 is 0.871 bits per heavy atom. The van der Waals surface area contributed by atoms with Gasteiger partial charge in [0.05, 0.1) is 6.54 Å². The van der Waals surface area contributed by atoms with E-state index in [1.54, 1.807) is 27.7 Å². The summed E-state index contributed by atoms with van der Waals surface area (Å²) in [5.41, 5.74) is -0.622. The number of piperazine rings is 1. The number of phenols is 1. The molecule has 1 saturated heterocycles. The minimum absolute atomic E-state index is 0.0860. The first-order chi connectivity index (χ1) is 13.7. The van der Waals surface area contributed by atoms with Crippen molar-refractivity contribution in [1.29, 1.82) is 0 Å². The zero-order chi connectivity index (χ0) is 24.3. The van der Waals surface area contributed by atoms with E-state index in [0.717, 1.165) is 16.7 Å². The molecular formula is C25H38N2O4. The average molecular weight is 431 g/mol. The fraction of sp³-hybridized carbons (Fsp3) is 0.640. The molecule has 0 radical (unpaired) electrons. The van der Waals surface area contributed by atoms with E-state index in [4.69, 9.17) is 0 Å². The van der Waals surface area contributed by atoms with E-state index in [1.807, 2.05) is 53.7 Å². The molecule has 1 N–H and O–H groups in total. The lowest BCUT2D eigenvalue weighted by Gasteiger charge is -2.53. The average Bonchev–Trinajstić information content (AvgIpc) is 2.55. The first-order valence-electron chi connectivity index (χ1n) is 10.8. The van der Waals surface area contributed by atoms with Crippen LogP contribution < -0.4 is 0 Å². The highest BCUT2D eigenvalue weighted by Crippen LogP contribution is 2.41. The smallest absolute Gasteiger partial charge is 0.254 e. The second-order valence-electron chi connectivity index (χ2n) is 11.7. The fourth-order valence-corrected chi connectivity index (χ4v) is 4.69. The topological polar surface area (TPSA) is 77.9 Å². The molecule has 0 aliphatic carbocycles. The number of hydrogen-bond acceptors (Lipinski definition) is 4. The number of rotatable bonds is 2. The van der Waals surface area contributed by atoms with Gasteiger partial charge in [0.2, 0.25) is 5.91 Å². The van der Waals surface area contributed by atoms with Crippen molar-refractivity contribution in [1.82, 2.24) is 9.80 Å². The van der Waals surface area contributed by atoms with Gasteiger partial charge in [0.25, 0.3) is 11.8 Å². The van der Waals surface area contributed by atoms with Crippen molar-refractivity contribution in [3.05, 3.63) is 28.8 Å². The van der Waals surface area contributed by atoms with Crippen LogP contribution in [0.15, 0.2) is 12.1 Å². The van der Waals surface area contributed by atoms with E-state index in [0.29, 0.717) is 0 Å². The second kappa shape index (κ2) is 7.35. The number of nitrogens with zero attached hydrogens (tertiary/aromatic N) is 2. The molecule has 0 spiro atoms. The first kappa shape index (κ1) is 24.9. The Labute approximate surface area is 186 Å². The van der Waals surface area contributed by atoms with E-state index >= 15 is 0 Å². The van der Waals surface area contributed by atoms with Crippen LogP contribution in [-0.4, -0.2) is 43.7 Å². The highest BCUT2D eigenvalue weighted by molar-refractivity contribution is 6.09. The standard InChI is InChI=1S/C25H38N2O4/c1-15(28)27-24(8,9)20(30)26(21(31)25(27,10)11)14-16-12-17(22(2,3)4)19(29)18(13-16)23(5,6)7/h12-13,29H,14H2,1-11H3. The number of carbonyl (C=O) groups is 3. The molecule has 0 saturated carbocycles. The minimum atomic E-state index is -1.15. The quantitative estimate of drug-likeness (QED) is 0.711. The van der Waals surface area contributed by atoms with Crippen LogP contribution in [0.25, 0.3) is 0 Å². The summed E-state index contributed by atoms with van der Waals surface area (Å²) in [5.74, 6) is -0.876. The third-order valence-electron chi connectivity index (χ3n) is 6.10. The summed E-state index contributed by atoms with van der Waals surface area (Å²) in [7, 11) is 0. The second-order valence-corrected chi connectivity index (χ2v) is 11.7. The summed E-state index contributed by atoms with van der Waals surface area (Å²) in [6.07, 6.45) is 0. The molecule has 172 valence electrons. The van der Waals surface area contributed by atoms with Gasteiger partial charge in [-0.2, -0.15) is 0 Å². The molecule has 1 aromatic rings. The number of amides is 3. The lowest BCUT2D eigenvalue weighted by atomic mass is 9.78. The molecule has 6 heteroatoms. The Kier molecular flexibility index (Phi) is 5.90.